The fourth-order valence-corrected chi connectivity index (χ4v) is 2.81. The number of nitrogens with one attached hydrogen (secondary N) is 4. The van der Waals surface area contributed by atoms with Gasteiger partial charge in [-0.05, 0) is 36.4 Å². The summed E-state index contributed by atoms with van der Waals surface area (Å²) in [4.78, 5) is 8.24. The van der Waals surface area contributed by atoms with Gasteiger partial charge in [0.25, 0.3) is 0 Å². The minimum absolute atomic E-state index is 0.0778. The van der Waals surface area contributed by atoms with E-state index in [1.165, 1.54) is 0 Å². The highest BCUT2D eigenvalue weighted by Gasteiger charge is 2.09. The molecule has 0 bridgehead atoms. The maximum Gasteiger partial charge on any atom is 0.229 e. The van der Waals surface area contributed by atoms with Crippen molar-refractivity contribution in [3.63, 3.8) is 0 Å². The standard InChI is InChI=1S/C18H13FN8/c19-14-9-20-18(24-13-4-2-11-8-22-27-16(11)6-13)25-17(14)23-12-3-1-10-7-21-26-15(10)5-12/h1-9H,(H,21,26)(H,22,27)(H2,20,23,24,25). The Kier molecular flexibility index (Phi) is 3.42. The first-order valence-corrected chi connectivity index (χ1v) is 8.17. The van der Waals surface area contributed by atoms with E-state index in [4.69, 9.17) is 0 Å². The molecule has 0 aliphatic heterocycles. The molecule has 0 saturated heterocycles. The van der Waals surface area contributed by atoms with Gasteiger partial charge in [0.2, 0.25) is 5.95 Å². The number of aromatic nitrogens is 6. The predicted molar refractivity (Wildman–Crippen MR) is 101 cm³/mol. The molecule has 5 rings (SSSR count). The highest BCUT2D eigenvalue weighted by Crippen LogP contribution is 2.24. The molecule has 0 spiro atoms. The maximum atomic E-state index is 14.2. The van der Waals surface area contributed by atoms with Crippen LogP contribution in [0, 0.1) is 5.82 Å². The molecule has 3 aromatic heterocycles. The third-order valence-electron chi connectivity index (χ3n) is 4.15. The van der Waals surface area contributed by atoms with E-state index in [0.717, 1.165) is 33.7 Å². The smallest absolute Gasteiger partial charge is 0.229 e. The van der Waals surface area contributed by atoms with Crippen molar-refractivity contribution in [2.24, 2.45) is 0 Å². The average Bonchev–Trinajstić information content (AvgIpc) is 3.32. The summed E-state index contributed by atoms with van der Waals surface area (Å²) in [6.07, 6.45) is 4.59. The Morgan fingerprint density at radius 2 is 1.41 bits per heavy atom. The normalized spacial score (nSPS) is 11.1. The van der Waals surface area contributed by atoms with E-state index < -0.39 is 5.82 Å². The summed E-state index contributed by atoms with van der Waals surface area (Å²) in [5.41, 5.74) is 3.19. The summed E-state index contributed by atoms with van der Waals surface area (Å²) in [6.45, 7) is 0. The number of benzene rings is 2. The molecule has 0 unspecified atom stereocenters. The Labute approximate surface area is 151 Å². The van der Waals surface area contributed by atoms with Crippen molar-refractivity contribution >= 4 is 44.9 Å². The van der Waals surface area contributed by atoms with Gasteiger partial charge in [-0.1, -0.05) is 0 Å². The zero-order valence-electron chi connectivity index (χ0n) is 13.9. The van der Waals surface area contributed by atoms with Crippen LogP contribution in [0.15, 0.2) is 55.0 Å². The van der Waals surface area contributed by atoms with Gasteiger partial charge in [0.1, 0.15) is 0 Å². The molecule has 0 fully saturated rings. The second-order valence-corrected chi connectivity index (χ2v) is 5.98. The molecule has 0 radical (unpaired) electrons. The van der Waals surface area contributed by atoms with Crippen LogP contribution in [0.2, 0.25) is 0 Å². The molecule has 0 amide bonds. The van der Waals surface area contributed by atoms with Gasteiger partial charge in [-0.15, -0.1) is 0 Å². The van der Waals surface area contributed by atoms with E-state index in [2.05, 4.69) is 41.0 Å². The first-order chi connectivity index (χ1) is 13.2. The van der Waals surface area contributed by atoms with Crippen LogP contribution in [-0.4, -0.2) is 30.4 Å². The molecular weight excluding hydrogens is 347 g/mol. The molecule has 2 aromatic carbocycles. The molecule has 0 saturated carbocycles. The van der Waals surface area contributed by atoms with E-state index >= 15 is 0 Å². The van der Waals surface area contributed by atoms with Gasteiger partial charge in [0.05, 0.1) is 29.6 Å². The number of hydrogen-bond donors (Lipinski definition) is 4. The number of fused-ring (bicyclic) bond motifs is 2. The molecule has 27 heavy (non-hydrogen) atoms. The van der Waals surface area contributed by atoms with Gasteiger partial charge in [-0.25, -0.2) is 9.37 Å². The third kappa shape index (κ3) is 2.91. The predicted octanol–water partition coefficient (Wildman–Crippen LogP) is 3.86. The molecule has 5 aromatic rings. The van der Waals surface area contributed by atoms with Crippen molar-refractivity contribution in [3.8, 4) is 0 Å². The first kappa shape index (κ1) is 15.3. The number of nitrogens with zero attached hydrogens (tertiary/aromatic N) is 4. The lowest BCUT2D eigenvalue weighted by Crippen LogP contribution is -2.03. The minimum atomic E-state index is -0.547. The number of halogens is 1. The summed E-state index contributed by atoms with van der Waals surface area (Å²) in [5, 5.41) is 21.8. The summed E-state index contributed by atoms with van der Waals surface area (Å²) in [7, 11) is 0. The van der Waals surface area contributed by atoms with Crippen molar-refractivity contribution < 1.29 is 4.39 Å². The molecule has 132 valence electrons. The van der Waals surface area contributed by atoms with Crippen molar-refractivity contribution in [2.45, 2.75) is 0 Å². The Balaban J connectivity index is 1.42. The zero-order chi connectivity index (χ0) is 18.2. The van der Waals surface area contributed by atoms with Crippen LogP contribution in [-0.2, 0) is 0 Å². The second kappa shape index (κ2) is 6.06. The van der Waals surface area contributed by atoms with E-state index in [0.29, 0.717) is 5.69 Å². The van der Waals surface area contributed by atoms with Gasteiger partial charge >= 0.3 is 0 Å². The highest BCUT2D eigenvalue weighted by atomic mass is 19.1. The van der Waals surface area contributed by atoms with Crippen molar-refractivity contribution in [3.05, 3.63) is 60.8 Å². The summed E-state index contributed by atoms with van der Waals surface area (Å²) >= 11 is 0. The van der Waals surface area contributed by atoms with Crippen LogP contribution in [0.25, 0.3) is 21.8 Å². The van der Waals surface area contributed by atoms with E-state index in [-0.39, 0.29) is 11.8 Å². The molecule has 0 atom stereocenters. The fourth-order valence-electron chi connectivity index (χ4n) is 2.81. The second-order valence-electron chi connectivity index (χ2n) is 5.98. The third-order valence-corrected chi connectivity index (χ3v) is 4.15. The van der Waals surface area contributed by atoms with Crippen LogP contribution < -0.4 is 10.6 Å². The minimum Gasteiger partial charge on any atom is -0.338 e. The van der Waals surface area contributed by atoms with Crippen LogP contribution in [0.5, 0.6) is 0 Å². The molecule has 9 heteroatoms. The van der Waals surface area contributed by atoms with Gasteiger partial charge in [0, 0.05) is 22.1 Å². The van der Waals surface area contributed by atoms with Gasteiger partial charge in [0.15, 0.2) is 11.6 Å². The number of rotatable bonds is 4. The van der Waals surface area contributed by atoms with Crippen LogP contribution >= 0.6 is 0 Å². The maximum absolute atomic E-state index is 14.2. The molecule has 0 aliphatic rings. The molecule has 0 aliphatic carbocycles. The van der Waals surface area contributed by atoms with Crippen molar-refractivity contribution in [2.75, 3.05) is 10.6 Å². The Morgan fingerprint density at radius 3 is 2.07 bits per heavy atom. The summed E-state index contributed by atoms with van der Waals surface area (Å²) in [5.74, 6) is -0.191. The van der Waals surface area contributed by atoms with E-state index in [1.807, 2.05) is 36.4 Å². The summed E-state index contributed by atoms with van der Waals surface area (Å²) < 4.78 is 14.2. The molecule has 3 heterocycles. The SMILES string of the molecule is Fc1cnc(Nc2ccc3cn[nH]c3c2)nc1Nc1ccc2cn[nH]c2c1. The number of aromatic amines is 2. The van der Waals surface area contributed by atoms with Crippen molar-refractivity contribution in [1.82, 2.24) is 30.4 Å². The van der Waals surface area contributed by atoms with E-state index in [1.54, 1.807) is 12.4 Å². The molecular formula is C18H13FN8. The summed E-state index contributed by atoms with van der Waals surface area (Å²) in [6, 6.07) is 11.2. The number of hydrogen-bond acceptors (Lipinski definition) is 6. The van der Waals surface area contributed by atoms with Crippen LogP contribution in [0.3, 0.4) is 0 Å². The zero-order valence-corrected chi connectivity index (χ0v) is 13.9. The van der Waals surface area contributed by atoms with E-state index in [9.17, 15) is 4.39 Å². The monoisotopic (exact) mass is 360 g/mol. The van der Waals surface area contributed by atoms with Gasteiger partial charge < -0.3 is 10.6 Å². The van der Waals surface area contributed by atoms with Crippen LogP contribution in [0.1, 0.15) is 0 Å². The quantitative estimate of drug-likeness (QED) is 0.388. The highest BCUT2D eigenvalue weighted by molar-refractivity contribution is 5.83. The molecule has 4 N–H and O–H groups in total. The lowest BCUT2D eigenvalue weighted by Gasteiger charge is -2.09. The van der Waals surface area contributed by atoms with Crippen molar-refractivity contribution in [1.29, 1.82) is 0 Å². The Bertz CT molecular complexity index is 1260. The molecule has 8 nitrogen and oxygen atoms in total. The average molecular weight is 360 g/mol. The van der Waals surface area contributed by atoms with Gasteiger partial charge in [-0.3, -0.25) is 10.2 Å². The van der Waals surface area contributed by atoms with Crippen LogP contribution in [0.4, 0.5) is 27.5 Å². The number of anilines is 4. The number of H-pyrrole nitrogens is 2. The lowest BCUT2D eigenvalue weighted by molar-refractivity contribution is 0.619. The lowest BCUT2D eigenvalue weighted by atomic mass is 10.2. The Hall–Kier alpha value is -4.01. The first-order valence-electron chi connectivity index (χ1n) is 8.17. The topological polar surface area (TPSA) is 107 Å². The largest absolute Gasteiger partial charge is 0.338 e. The van der Waals surface area contributed by atoms with Gasteiger partial charge in [-0.2, -0.15) is 15.2 Å². The Morgan fingerprint density at radius 1 is 0.778 bits per heavy atom. The fraction of sp³-hybridized carbons (Fsp3) is 0.